The molecule has 2 rings (SSSR count). The summed E-state index contributed by atoms with van der Waals surface area (Å²) < 4.78 is 23.9. The summed E-state index contributed by atoms with van der Waals surface area (Å²) in [5.41, 5.74) is 1.48. The highest BCUT2D eigenvalue weighted by Gasteiger charge is 2.16. The van der Waals surface area contributed by atoms with Crippen molar-refractivity contribution in [1.82, 2.24) is 4.98 Å². The van der Waals surface area contributed by atoms with Crippen LogP contribution >= 0.6 is 0 Å². The molecule has 0 aliphatic rings. The molecule has 0 saturated heterocycles. The molecular formula is C11H12FNO2. The lowest BCUT2D eigenvalue weighted by Crippen LogP contribution is -1.93. The third-order valence-electron chi connectivity index (χ3n) is 2.45. The number of rotatable bonds is 2. The topological polar surface area (TPSA) is 34.2 Å². The molecule has 1 N–H and O–H groups in total. The Balaban J connectivity index is 2.86. The molecule has 0 atom stereocenters. The standard InChI is InChI=1S/C11H12FNO2/c1-6-5-13-10-9(6)7(12)4-8(14-2)11(10)15-3/h4-5,13H,1-3H3. The van der Waals surface area contributed by atoms with Crippen LogP contribution in [0.1, 0.15) is 5.56 Å². The summed E-state index contributed by atoms with van der Waals surface area (Å²) in [6.07, 6.45) is 1.75. The van der Waals surface area contributed by atoms with E-state index in [1.165, 1.54) is 20.3 Å². The van der Waals surface area contributed by atoms with Crippen molar-refractivity contribution in [2.45, 2.75) is 6.92 Å². The maximum atomic E-state index is 13.7. The Morgan fingerprint density at radius 1 is 1.27 bits per heavy atom. The average molecular weight is 209 g/mol. The predicted molar refractivity (Wildman–Crippen MR) is 56.1 cm³/mol. The van der Waals surface area contributed by atoms with Crippen molar-refractivity contribution in [3.8, 4) is 11.5 Å². The largest absolute Gasteiger partial charge is 0.493 e. The molecule has 0 aliphatic heterocycles. The first-order valence-electron chi connectivity index (χ1n) is 4.57. The number of H-pyrrole nitrogens is 1. The number of methoxy groups -OCH3 is 2. The Morgan fingerprint density at radius 3 is 2.60 bits per heavy atom. The molecule has 0 unspecified atom stereocenters. The lowest BCUT2D eigenvalue weighted by molar-refractivity contribution is 0.356. The Hall–Kier alpha value is -1.71. The fourth-order valence-corrected chi connectivity index (χ4v) is 1.74. The zero-order chi connectivity index (χ0) is 11.0. The molecule has 80 valence electrons. The molecule has 15 heavy (non-hydrogen) atoms. The van der Waals surface area contributed by atoms with Crippen molar-refractivity contribution in [3.05, 3.63) is 23.6 Å². The van der Waals surface area contributed by atoms with E-state index in [4.69, 9.17) is 9.47 Å². The van der Waals surface area contributed by atoms with E-state index in [-0.39, 0.29) is 5.82 Å². The van der Waals surface area contributed by atoms with Crippen LogP contribution in [0.5, 0.6) is 11.5 Å². The van der Waals surface area contributed by atoms with Gasteiger partial charge in [0, 0.05) is 17.6 Å². The zero-order valence-corrected chi connectivity index (χ0v) is 8.85. The Bertz CT molecular complexity index is 505. The number of fused-ring (bicyclic) bond motifs is 1. The van der Waals surface area contributed by atoms with E-state index in [0.717, 1.165) is 5.56 Å². The monoisotopic (exact) mass is 209 g/mol. The number of aromatic nitrogens is 1. The third kappa shape index (κ3) is 1.33. The van der Waals surface area contributed by atoms with Gasteiger partial charge in [-0.25, -0.2) is 4.39 Å². The van der Waals surface area contributed by atoms with Crippen molar-refractivity contribution in [1.29, 1.82) is 0 Å². The van der Waals surface area contributed by atoms with Crippen molar-refractivity contribution in [2.75, 3.05) is 14.2 Å². The first kappa shape index (κ1) is 9.83. The second-order valence-electron chi connectivity index (χ2n) is 3.32. The molecule has 0 fully saturated rings. The molecule has 1 heterocycles. The van der Waals surface area contributed by atoms with Gasteiger partial charge in [-0.2, -0.15) is 0 Å². The molecule has 0 spiro atoms. The molecule has 0 saturated carbocycles. The first-order valence-corrected chi connectivity index (χ1v) is 4.57. The minimum absolute atomic E-state index is 0.304. The summed E-state index contributed by atoms with van der Waals surface area (Å²) in [5.74, 6) is 0.618. The summed E-state index contributed by atoms with van der Waals surface area (Å²) in [6.45, 7) is 1.84. The van der Waals surface area contributed by atoms with E-state index in [1.54, 1.807) is 6.20 Å². The van der Waals surface area contributed by atoms with Gasteiger partial charge in [-0.3, -0.25) is 0 Å². The Kier molecular flexibility index (Phi) is 2.26. The predicted octanol–water partition coefficient (Wildman–Crippen LogP) is 2.63. The van der Waals surface area contributed by atoms with E-state index in [1.807, 2.05) is 6.92 Å². The number of ether oxygens (including phenoxy) is 2. The summed E-state index contributed by atoms with van der Waals surface area (Å²) in [4.78, 5) is 2.98. The molecule has 4 heteroatoms. The lowest BCUT2D eigenvalue weighted by atomic mass is 10.1. The maximum Gasteiger partial charge on any atom is 0.185 e. The van der Waals surface area contributed by atoms with Crippen molar-refractivity contribution in [3.63, 3.8) is 0 Å². The van der Waals surface area contributed by atoms with Crippen LogP contribution in [0.2, 0.25) is 0 Å². The van der Waals surface area contributed by atoms with Crippen LogP contribution < -0.4 is 9.47 Å². The fourth-order valence-electron chi connectivity index (χ4n) is 1.74. The average Bonchev–Trinajstić information content (AvgIpc) is 2.61. The summed E-state index contributed by atoms with van der Waals surface area (Å²) >= 11 is 0. The minimum Gasteiger partial charge on any atom is -0.493 e. The van der Waals surface area contributed by atoms with Crippen LogP contribution in [0.15, 0.2) is 12.3 Å². The number of aromatic amines is 1. The van der Waals surface area contributed by atoms with Crippen molar-refractivity contribution >= 4 is 10.9 Å². The van der Waals surface area contributed by atoms with Gasteiger partial charge in [0.15, 0.2) is 11.5 Å². The van der Waals surface area contributed by atoms with E-state index >= 15 is 0 Å². The summed E-state index contributed by atoms with van der Waals surface area (Å²) in [6, 6.07) is 1.34. The van der Waals surface area contributed by atoms with Crippen LogP contribution in [0.4, 0.5) is 4.39 Å². The van der Waals surface area contributed by atoms with Gasteiger partial charge < -0.3 is 14.5 Å². The molecule has 0 bridgehead atoms. The number of hydrogen-bond donors (Lipinski definition) is 1. The highest BCUT2D eigenvalue weighted by atomic mass is 19.1. The molecule has 0 amide bonds. The summed E-state index contributed by atoms with van der Waals surface area (Å²) in [5, 5.41) is 0.549. The molecular weight excluding hydrogens is 197 g/mol. The van der Waals surface area contributed by atoms with Gasteiger partial charge in [0.1, 0.15) is 5.82 Å². The summed E-state index contributed by atoms with van der Waals surface area (Å²) in [7, 11) is 3.02. The third-order valence-corrected chi connectivity index (χ3v) is 2.45. The van der Waals surface area contributed by atoms with Crippen LogP contribution in [-0.4, -0.2) is 19.2 Å². The number of halogens is 1. The number of nitrogens with one attached hydrogen (secondary N) is 1. The first-order chi connectivity index (χ1) is 7.19. The van der Waals surface area contributed by atoms with Gasteiger partial charge >= 0.3 is 0 Å². The molecule has 2 aromatic rings. The molecule has 0 radical (unpaired) electrons. The van der Waals surface area contributed by atoms with Gasteiger partial charge in [-0.15, -0.1) is 0 Å². The van der Waals surface area contributed by atoms with Gasteiger partial charge in [-0.1, -0.05) is 0 Å². The quantitative estimate of drug-likeness (QED) is 0.825. The molecule has 1 aromatic heterocycles. The number of hydrogen-bond acceptors (Lipinski definition) is 2. The van der Waals surface area contributed by atoms with Crippen LogP contribution in [0.25, 0.3) is 10.9 Å². The smallest absolute Gasteiger partial charge is 0.185 e. The van der Waals surface area contributed by atoms with Gasteiger partial charge in [0.25, 0.3) is 0 Å². The van der Waals surface area contributed by atoms with Crippen LogP contribution in [-0.2, 0) is 0 Å². The molecule has 0 aliphatic carbocycles. The van der Waals surface area contributed by atoms with Crippen LogP contribution in [0.3, 0.4) is 0 Å². The SMILES string of the molecule is COc1cc(F)c2c(C)c[nH]c2c1OC. The highest BCUT2D eigenvalue weighted by molar-refractivity contribution is 5.91. The van der Waals surface area contributed by atoms with Gasteiger partial charge in [0.05, 0.1) is 19.7 Å². The Morgan fingerprint density at radius 2 is 2.00 bits per heavy atom. The van der Waals surface area contributed by atoms with E-state index in [9.17, 15) is 4.39 Å². The normalized spacial score (nSPS) is 10.7. The molecule has 1 aromatic carbocycles. The Labute approximate surface area is 86.8 Å². The lowest BCUT2D eigenvalue weighted by Gasteiger charge is -2.09. The maximum absolute atomic E-state index is 13.7. The van der Waals surface area contributed by atoms with E-state index in [0.29, 0.717) is 22.4 Å². The minimum atomic E-state index is -0.304. The van der Waals surface area contributed by atoms with Crippen LogP contribution in [0, 0.1) is 12.7 Å². The van der Waals surface area contributed by atoms with E-state index < -0.39 is 0 Å². The van der Waals surface area contributed by atoms with Gasteiger partial charge in [0.2, 0.25) is 0 Å². The van der Waals surface area contributed by atoms with Gasteiger partial charge in [-0.05, 0) is 12.5 Å². The van der Waals surface area contributed by atoms with Crippen molar-refractivity contribution in [2.24, 2.45) is 0 Å². The van der Waals surface area contributed by atoms with E-state index in [2.05, 4.69) is 4.98 Å². The second-order valence-corrected chi connectivity index (χ2v) is 3.32. The zero-order valence-electron chi connectivity index (χ0n) is 8.85. The molecule has 3 nitrogen and oxygen atoms in total. The fraction of sp³-hybridized carbons (Fsp3) is 0.273. The second kappa shape index (κ2) is 3.46. The van der Waals surface area contributed by atoms with Crippen molar-refractivity contribution < 1.29 is 13.9 Å². The number of aryl methyl sites for hydroxylation is 1. The highest BCUT2D eigenvalue weighted by Crippen LogP contribution is 2.37. The number of benzene rings is 1.